The predicted molar refractivity (Wildman–Crippen MR) is 99.5 cm³/mol. The number of halogens is 1. The Balaban J connectivity index is 2.38. The summed E-state index contributed by atoms with van der Waals surface area (Å²) in [7, 11) is 0. The number of benzene rings is 1. The molecule has 0 radical (unpaired) electrons. The fourth-order valence-electron chi connectivity index (χ4n) is 2.18. The van der Waals surface area contributed by atoms with Crippen LogP contribution in [0.3, 0.4) is 0 Å². The van der Waals surface area contributed by atoms with Crippen LogP contribution < -0.4 is 5.32 Å². The molecule has 7 nitrogen and oxygen atoms in total. The smallest absolute Gasteiger partial charge is 0.347 e. The van der Waals surface area contributed by atoms with Gasteiger partial charge in [-0.2, -0.15) is 0 Å². The molecule has 0 spiro atoms. The third-order valence-electron chi connectivity index (χ3n) is 3.35. The molecule has 27 heavy (non-hydrogen) atoms. The molecular weight excluding hydrogens is 374 g/mol. The molecule has 0 fully saturated rings. The van der Waals surface area contributed by atoms with Crippen LogP contribution in [0.15, 0.2) is 46.5 Å². The zero-order valence-corrected chi connectivity index (χ0v) is 15.5. The second-order valence-electron chi connectivity index (χ2n) is 5.15. The molecule has 0 saturated carbocycles. The fourth-order valence-corrected chi connectivity index (χ4v) is 2.35. The molecule has 0 bridgehead atoms. The van der Waals surface area contributed by atoms with E-state index >= 15 is 0 Å². The molecule has 0 aliphatic rings. The van der Waals surface area contributed by atoms with E-state index in [-0.39, 0.29) is 24.5 Å². The van der Waals surface area contributed by atoms with Crippen LogP contribution in [0.5, 0.6) is 0 Å². The van der Waals surface area contributed by atoms with Gasteiger partial charge in [0.25, 0.3) is 0 Å². The minimum Gasteiger partial charge on any atom is -0.462 e. The van der Waals surface area contributed by atoms with Gasteiger partial charge in [0.15, 0.2) is 17.6 Å². The van der Waals surface area contributed by atoms with E-state index in [9.17, 15) is 14.4 Å². The number of carbonyl (C=O) groups is 3. The van der Waals surface area contributed by atoms with E-state index in [1.54, 1.807) is 38.1 Å². The summed E-state index contributed by atoms with van der Waals surface area (Å²) in [6, 6.07) is 8.03. The van der Waals surface area contributed by atoms with Crippen molar-refractivity contribution in [3.05, 3.63) is 52.9 Å². The van der Waals surface area contributed by atoms with Crippen molar-refractivity contribution in [1.29, 1.82) is 0 Å². The van der Waals surface area contributed by atoms with Gasteiger partial charge in [0, 0.05) is 22.5 Å². The highest BCUT2D eigenvalue weighted by atomic mass is 35.5. The molecule has 1 aromatic heterocycles. The van der Waals surface area contributed by atoms with Crippen molar-refractivity contribution in [2.24, 2.45) is 0 Å². The van der Waals surface area contributed by atoms with E-state index in [4.69, 9.17) is 25.5 Å². The zero-order chi connectivity index (χ0) is 19.8. The van der Waals surface area contributed by atoms with Crippen LogP contribution in [-0.4, -0.2) is 31.4 Å². The lowest BCUT2D eigenvalue weighted by Gasteiger charge is -2.10. The molecule has 142 valence electrons. The van der Waals surface area contributed by atoms with E-state index < -0.39 is 11.9 Å². The minimum absolute atomic E-state index is 0.114. The average Bonchev–Trinajstić information content (AvgIpc) is 3.12. The van der Waals surface area contributed by atoms with Gasteiger partial charge < -0.3 is 19.2 Å². The van der Waals surface area contributed by atoms with E-state index in [1.807, 2.05) is 0 Å². The molecule has 0 amide bonds. The first-order chi connectivity index (χ1) is 13.0. The molecule has 0 atom stereocenters. The van der Waals surface area contributed by atoms with Crippen LogP contribution in [0.4, 0.5) is 5.69 Å². The van der Waals surface area contributed by atoms with Crippen molar-refractivity contribution in [1.82, 2.24) is 0 Å². The first-order valence-corrected chi connectivity index (χ1v) is 8.53. The maximum atomic E-state index is 12.0. The Morgan fingerprint density at radius 1 is 1.11 bits per heavy atom. The summed E-state index contributed by atoms with van der Waals surface area (Å²) in [5, 5.41) is 3.32. The monoisotopic (exact) mass is 391 g/mol. The van der Waals surface area contributed by atoms with Crippen molar-refractivity contribution < 1.29 is 28.3 Å². The highest BCUT2D eigenvalue weighted by Gasteiger charge is 2.21. The Bertz CT molecular complexity index is 851. The number of hydrogen-bond acceptors (Lipinski definition) is 7. The zero-order valence-electron chi connectivity index (χ0n) is 14.8. The number of ether oxygens (including phenoxy) is 2. The Morgan fingerprint density at radius 3 is 2.33 bits per heavy atom. The lowest BCUT2D eigenvalue weighted by Crippen LogP contribution is -2.19. The quantitative estimate of drug-likeness (QED) is 0.240. The van der Waals surface area contributed by atoms with Crippen LogP contribution >= 0.6 is 11.6 Å². The molecule has 2 rings (SSSR count). The lowest BCUT2D eigenvalue weighted by atomic mass is 10.1. The number of hydrogen-bond donors (Lipinski definition) is 1. The van der Waals surface area contributed by atoms with E-state index in [0.29, 0.717) is 28.3 Å². The number of esters is 2. The number of aldehydes is 1. The first-order valence-electron chi connectivity index (χ1n) is 8.16. The van der Waals surface area contributed by atoms with E-state index in [2.05, 4.69) is 5.32 Å². The fraction of sp³-hybridized carbons (Fsp3) is 0.211. The highest BCUT2D eigenvalue weighted by Crippen LogP contribution is 2.32. The summed E-state index contributed by atoms with van der Waals surface area (Å²) < 4.78 is 15.2. The molecule has 0 saturated heterocycles. The highest BCUT2D eigenvalue weighted by molar-refractivity contribution is 6.31. The van der Waals surface area contributed by atoms with Gasteiger partial charge >= 0.3 is 11.9 Å². The number of furan rings is 1. The molecule has 0 unspecified atom stereocenters. The summed E-state index contributed by atoms with van der Waals surface area (Å²) >= 11 is 6.05. The van der Waals surface area contributed by atoms with Crippen LogP contribution in [0.2, 0.25) is 5.02 Å². The van der Waals surface area contributed by atoms with Crippen molar-refractivity contribution in [3.8, 4) is 11.3 Å². The number of rotatable bonds is 8. The Kier molecular flexibility index (Phi) is 7.19. The topological polar surface area (TPSA) is 94.8 Å². The molecular formula is C19H18ClNO6. The van der Waals surface area contributed by atoms with E-state index in [1.165, 1.54) is 12.3 Å². The molecule has 1 N–H and O–H groups in total. The third-order valence-corrected chi connectivity index (χ3v) is 3.59. The molecule has 1 heterocycles. The van der Waals surface area contributed by atoms with Crippen LogP contribution in [0.25, 0.3) is 11.3 Å². The summed E-state index contributed by atoms with van der Waals surface area (Å²) in [6.07, 6.45) is 1.78. The summed E-state index contributed by atoms with van der Waals surface area (Å²) in [6.45, 7) is 3.49. The molecule has 0 aliphatic heterocycles. The predicted octanol–water partition coefficient (Wildman–Crippen LogP) is 3.83. The van der Waals surface area contributed by atoms with Crippen LogP contribution in [-0.2, 0) is 19.1 Å². The van der Waals surface area contributed by atoms with Crippen molar-refractivity contribution in [2.75, 3.05) is 18.5 Å². The molecule has 8 heteroatoms. The maximum Gasteiger partial charge on any atom is 0.347 e. The van der Waals surface area contributed by atoms with Gasteiger partial charge in [-0.15, -0.1) is 0 Å². The SMILES string of the molecule is CCOC(=O)C(=CNc1ccc(Cl)cc1-c1ccc(C=O)o1)C(=O)OCC. The largest absolute Gasteiger partial charge is 0.462 e. The molecule has 1 aromatic carbocycles. The van der Waals surface area contributed by atoms with Gasteiger partial charge in [-0.1, -0.05) is 11.6 Å². The lowest BCUT2D eigenvalue weighted by molar-refractivity contribution is -0.146. The summed E-state index contributed by atoms with van der Waals surface area (Å²) in [5.41, 5.74) is 0.754. The van der Waals surface area contributed by atoms with E-state index in [0.717, 1.165) is 0 Å². The third kappa shape index (κ3) is 5.21. The minimum atomic E-state index is -0.805. The van der Waals surface area contributed by atoms with Gasteiger partial charge in [0.2, 0.25) is 0 Å². The standard InChI is InChI=1S/C19H18ClNO6/c1-3-25-18(23)15(19(24)26-4-2)10-21-16-7-5-12(20)9-14(16)17-8-6-13(11-22)27-17/h5-11,21H,3-4H2,1-2H3. The van der Waals surface area contributed by atoms with Gasteiger partial charge in [-0.05, 0) is 44.2 Å². The number of nitrogens with one attached hydrogen (secondary N) is 1. The van der Waals surface area contributed by atoms with Gasteiger partial charge in [-0.25, -0.2) is 9.59 Å². The second-order valence-corrected chi connectivity index (χ2v) is 5.59. The second kappa shape index (κ2) is 9.59. The Labute approximate surface area is 160 Å². The molecule has 0 aliphatic carbocycles. The van der Waals surface area contributed by atoms with Gasteiger partial charge in [0.05, 0.1) is 13.2 Å². The Hall–Kier alpha value is -3.06. The summed E-state index contributed by atoms with van der Waals surface area (Å²) in [5.74, 6) is -1.06. The first kappa shape index (κ1) is 20.3. The average molecular weight is 392 g/mol. The van der Waals surface area contributed by atoms with Crippen molar-refractivity contribution in [3.63, 3.8) is 0 Å². The maximum absolute atomic E-state index is 12.0. The van der Waals surface area contributed by atoms with Gasteiger partial charge in [0.1, 0.15) is 5.76 Å². The molecule has 2 aromatic rings. The number of anilines is 1. The van der Waals surface area contributed by atoms with Crippen LogP contribution in [0.1, 0.15) is 24.4 Å². The summed E-state index contributed by atoms with van der Waals surface area (Å²) in [4.78, 5) is 34.9. The number of carbonyl (C=O) groups excluding carboxylic acids is 3. The van der Waals surface area contributed by atoms with Crippen molar-refractivity contribution in [2.45, 2.75) is 13.8 Å². The van der Waals surface area contributed by atoms with Crippen molar-refractivity contribution >= 4 is 35.5 Å². The Morgan fingerprint density at radius 2 is 1.78 bits per heavy atom. The van der Waals surface area contributed by atoms with Crippen LogP contribution in [0, 0.1) is 0 Å². The van der Waals surface area contributed by atoms with Gasteiger partial charge in [-0.3, -0.25) is 4.79 Å². The normalized spacial score (nSPS) is 10.0.